The van der Waals surface area contributed by atoms with Crippen molar-refractivity contribution in [1.82, 2.24) is 4.90 Å². The van der Waals surface area contributed by atoms with E-state index in [9.17, 15) is 14.4 Å². The van der Waals surface area contributed by atoms with Crippen LogP contribution in [0, 0.1) is 5.92 Å². The van der Waals surface area contributed by atoms with Crippen molar-refractivity contribution < 1.29 is 23.5 Å². The zero-order valence-corrected chi connectivity index (χ0v) is 17.9. The maximum absolute atomic E-state index is 12.6. The van der Waals surface area contributed by atoms with Gasteiger partial charge in [0.15, 0.2) is 5.43 Å². The van der Waals surface area contributed by atoms with Crippen molar-refractivity contribution in [3.63, 3.8) is 0 Å². The van der Waals surface area contributed by atoms with Gasteiger partial charge in [-0.3, -0.25) is 14.4 Å². The van der Waals surface area contributed by atoms with Gasteiger partial charge in [-0.15, -0.1) is 0 Å². The average molecular weight is 436 g/mol. The molecule has 166 valence electrons. The van der Waals surface area contributed by atoms with Crippen molar-refractivity contribution in [2.24, 2.45) is 5.92 Å². The minimum absolute atomic E-state index is 0.0403. The minimum Gasteiger partial charge on any atom is -0.497 e. The van der Waals surface area contributed by atoms with Crippen LogP contribution in [0.1, 0.15) is 6.42 Å². The molecule has 1 atom stereocenters. The molecular formula is C24H24N2O6. The predicted octanol–water partition coefficient (Wildman–Crippen LogP) is 2.90. The smallest absolute Gasteiger partial charge is 0.229 e. The number of amides is 2. The van der Waals surface area contributed by atoms with E-state index in [1.165, 1.54) is 6.07 Å². The second-order valence-corrected chi connectivity index (χ2v) is 7.64. The van der Waals surface area contributed by atoms with Gasteiger partial charge in [-0.05, 0) is 42.5 Å². The van der Waals surface area contributed by atoms with E-state index in [4.69, 9.17) is 13.9 Å². The van der Waals surface area contributed by atoms with Gasteiger partial charge < -0.3 is 24.1 Å². The number of hydrogen-bond acceptors (Lipinski definition) is 6. The lowest BCUT2D eigenvalue weighted by molar-refractivity contribution is -0.128. The molecule has 0 radical (unpaired) electrons. The summed E-state index contributed by atoms with van der Waals surface area (Å²) in [5.74, 6) is 0.386. The molecule has 2 aromatic carbocycles. The Hall–Kier alpha value is -3.65. The molecule has 0 bridgehead atoms. The van der Waals surface area contributed by atoms with E-state index in [1.54, 1.807) is 61.6 Å². The fourth-order valence-electron chi connectivity index (χ4n) is 3.73. The van der Waals surface area contributed by atoms with Gasteiger partial charge in [-0.1, -0.05) is 0 Å². The molecular weight excluding hydrogens is 412 g/mol. The molecule has 8 heteroatoms. The van der Waals surface area contributed by atoms with Gasteiger partial charge in [0.25, 0.3) is 0 Å². The quantitative estimate of drug-likeness (QED) is 0.612. The molecule has 1 aliphatic rings. The Bertz CT molecular complexity index is 1200. The molecule has 1 unspecified atom stereocenters. The minimum atomic E-state index is -0.394. The number of likely N-dealkylation sites (tertiary alicyclic amines) is 1. The Balaban J connectivity index is 1.46. The molecule has 32 heavy (non-hydrogen) atoms. The van der Waals surface area contributed by atoms with E-state index in [0.717, 1.165) is 0 Å². The van der Waals surface area contributed by atoms with E-state index < -0.39 is 5.92 Å². The van der Waals surface area contributed by atoms with Gasteiger partial charge in [0.2, 0.25) is 11.8 Å². The van der Waals surface area contributed by atoms with Crippen molar-refractivity contribution in [3.05, 3.63) is 58.8 Å². The van der Waals surface area contributed by atoms with E-state index >= 15 is 0 Å². The summed E-state index contributed by atoms with van der Waals surface area (Å²) in [6, 6.07) is 13.5. The SMILES string of the molecule is COCCN1CC(C(=O)Nc2ccc(-c3cc(=O)c4cc(OC)ccc4o3)cc2)CC1=O. The lowest BCUT2D eigenvalue weighted by Gasteiger charge is -2.15. The summed E-state index contributed by atoms with van der Waals surface area (Å²) in [4.78, 5) is 38.8. The number of methoxy groups -OCH3 is 2. The van der Waals surface area contributed by atoms with Crippen molar-refractivity contribution in [1.29, 1.82) is 0 Å². The molecule has 1 N–H and O–H groups in total. The molecule has 1 saturated heterocycles. The maximum atomic E-state index is 12.6. The highest BCUT2D eigenvalue weighted by atomic mass is 16.5. The first-order chi connectivity index (χ1) is 15.5. The van der Waals surface area contributed by atoms with Gasteiger partial charge in [0.05, 0.1) is 25.0 Å². The highest BCUT2D eigenvalue weighted by Gasteiger charge is 2.34. The number of hydrogen-bond donors (Lipinski definition) is 1. The highest BCUT2D eigenvalue weighted by Crippen LogP contribution is 2.26. The van der Waals surface area contributed by atoms with Crippen LogP contribution in [0.5, 0.6) is 5.75 Å². The summed E-state index contributed by atoms with van der Waals surface area (Å²) in [6.45, 7) is 1.32. The number of rotatable bonds is 7. The monoisotopic (exact) mass is 436 g/mol. The second-order valence-electron chi connectivity index (χ2n) is 7.64. The molecule has 4 rings (SSSR count). The molecule has 1 fully saturated rings. The summed E-state index contributed by atoms with van der Waals surface area (Å²) in [7, 11) is 3.12. The van der Waals surface area contributed by atoms with Gasteiger partial charge in [0.1, 0.15) is 17.1 Å². The molecule has 0 aliphatic carbocycles. The first kappa shape index (κ1) is 21.6. The number of nitrogens with zero attached hydrogens (tertiary/aromatic N) is 1. The Kier molecular flexibility index (Phi) is 6.23. The standard InChI is InChI=1S/C24H24N2O6/c1-30-10-9-26-14-16(11-23(26)28)24(29)25-17-5-3-15(4-6-17)22-13-20(27)19-12-18(31-2)7-8-21(19)32-22/h3-8,12-13,16H,9-11,14H2,1-2H3,(H,25,29). The van der Waals surface area contributed by atoms with Crippen LogP contribution in [0.25, 0.3) is 22.3 Å². The number of nitrogens with one attached hydrogen (secondary N) is 1. The van der Waals surface area contributed by atoms with Gasteiger partial charge in [0, 0.05) is 43.9 Å². The molecule has 1 aliphatic heterocycles. The van der Waals surface area contributed by atoms with Gasteiger partial charge in [-0.2, -0.15) is 0 Å². The van der Waals surface area contributed by atoms with Crippen molar-refractivity contribution >= 4 is 28.5 Å². The molecule has 2 heterocycles. The second kappa shape index (κ2) is 9.23. The summed E-state index contributed by atoms with van der Waals surface area (Å²) in [5, 5.41) is 3.30. The number of anilines is 1. The van der Waals surface area contributed by atoms with Crippen LogP contribution in [0.2, 0.25) is 0 Å². The molecule has 2 amide bonds. The highest BCUT2D eigenvalue weighted by molar-refractivity contribution is 5.97. The first-order valence-electron chi connectivity index (χ1n) is 10.3. The fourth-order valence-corrected chi connectivity index (χ4v) is 3.73. The zero-order chi connectivity index (χ0) is 22.7. The normalized spacial score (nSPS) is 15.9. The average Bonchev–Trinajstić information content (AvgIpc) is 3.18. The number of fused-ring (bicyclic) bond motifs is 1. The van der Waals surface area contributed by atoms with Crippen LogP contribution in [-0.2, 0) is 14.3 Å². The number of carbonyl (C=O) groups excluding carboxylic acids is 2. The zero-order valence-electron chi connectivity index (χ0n) is 17.9. The molecule has 0 saturated carbocycles. The fraction of sp³-hybridized carbons (Fsp3) is 0.292. The Morgan fingerprint density at radius 2 is 1.91 bits per heavy atom. The summed E-state index contributed by atoms with van der Waals surface area (Å²) < 4.78 is 16.1. The number of ether oxygens (including phenoxy) is 2. The Labute approximate surface area is 184 Å². The van der Waals surface area contributed by atoms with Crippen molar-refractivity contribution in [2.45, 2.75) is 6.42 Å². The van der Waals surface area contributed by atoms with Crippen LogP contribution in [0.3, 0.4) is 0 Å². The summed E-state index contributed by atoms with van der Waals surface area (Å²) in [5.41, 5.74) is 1.62. The molecule has 1 aromatic heterocycles. The molecule has 8 nitrogen and oxygen atoms in total. The van der Waals surface area contributed by atoms with E-state index in [1.807, 2.05) is 0 Å². The Morgan fingerprint density at radius 1 is 1.12 bits per heavy atom. The van der Waals surface area contributed by atoms with Crippen LogP contribution in [-0.4, -0.2) is 50.6 Å². The third-order valence-electron chi connectivity index (χ3n) is 5.52. The molecule has 0 spiro atoms. The largest absolute Gasteiger partial charge is 0.497 e. The maximum Gasteiger partial charge on any atom is 0.229 e. The van der Waals surface area contributed by atoms with E-state index in [2.05, 4.69) is 5.32 Å². The lowest BCUT2D eigenvalue weighted by Crippen LogP contribution is -2.30. The third kappa shape index (κ3) is 4.50. The number of carbonyl (C=O) groups is 2. The number of benzene rings is 2. The first-order valence-corrected chi connectivity index (χ1v) is 10.3. The van der Waals surface area contributed by atoms with E-state index in [0.29, 0.717) is 53.4 Å². The Morgan fingerprint density at radius 3 is 2.62 bits per heavy atom. The van der Waals surface area contributed by atoms with E-state index in [-0.39, 0.29) is 23.7 Å². The summed E-state index contributed by atoms with van der Waals surface area (Å²) >= 11 is 0. The third-order valence-corrected chi connectivity index (χ3v) is 5.52. The van der Waals surface area contributed by atoms with Crippen LogP contribution < -0.4 is 15.5 Å². The summed E-state index contributed by atoms with van der Waals surface area (Å²) in [6.07, 6.45) is 0.195. The lowest BCUT2D eigenvalue weighted by atomic mass is 10.1. The van der Waals surface area contributed by atoms with Crippen molar-refractivity contribution in [3.8, 4) is 17.1 Å². The van der Waals surface area contributed by atoms with Crippen molar-refractivity contribution in [2.75, 3.05) is 39.2 Å². The topological polar surface area (TPSA) is 98.1 Å². The van der Waals surface area contributed by atoms with Crippen LogP contribution >= 0.6 is 0 Å². The van der Waals surface area contributed by atoms with Gasteiger partial charge in [-0.25, -0.2) is 0 Å². The van der Waals surface area contributed by atoms with Gasteiger partial charge >= 0.3 is 0 Å². The molecule has 3 aromatic rings. The van der Waals surface area contributed by atoms with Crippen LogP contribution in [0.15, 0.2) is 57.7 Å². The predicted molar refractivity (Wildman–Crippen MR) is 120 cm³/mol. The van der Waals surface area contributed by atoms with Crippen LogP contribution in [0.4, 0.5) is 5.69 Å².